The summed E-state index contributed by atoms with van der Waals surface area (Å²) in [7, 11) is 1.66. The van der Waals surface area contributed by atoms with Gasteiger partial charge in [-0.3, -0.25) is 9.59 Å². The molecule has 6 rings (SSSR count). The number of piperidine rings is 1. The minimum atomic E-state index is -2.74. The molecule has 36 heavy (non-hydrogen) atoms. The summed E-state index contributed by atoms with van der Waals surface area (Å²) in [5, 5.41) is 2.93. The van der Waals surface area contributed by atoms with Crippen molar-refractivity contribution in [2.45, 2.75) is 62.7 Å². The largest absolute Gasteiger partial charge is 0.371 e. The standard InChI is InChI=1S/C27H29F2IN4O2/c1-33-21-16-31-22(15-19(21)26(24(33)36)6-8-27(28,29)9-7-26)32-23(35)18-3-2-17(30)14-20(18)34-12-10-25(4-5-25)11-13-34/h2-3,14-16H,4-13H2,1H3,(H,31,32,35). The number of anilines is 3. The van der Waals surface area contributed by atoms with Gasteiger partial charge in [0.25, 0.3) is 5.91 Å². The van der Waals surface area contributed by atoms with Crippen LogP contribution in [0.1, 0.15) is 67.3 Å². The third kappa shape index (κ3) is 3.97. The van der Waals surface area contributed by atoms with Crippen LogP contribution in [0.15, 0.2) is 30.5 Å². The summed E-state index contributed by atoms with van der Waals surface area (Å²) in [5.41, 5.74) is 2.39. The van der Waals surface area contributed by atoms with Gasteiger partial charge in [0.05, 0.1) is 28.6 Å². The molecule has 4 aliphatic rings. The minimum absolute atomic E-state index is 0.0886. The molecule has 2 amide bonds. The normalized spacial score (nSPS) is 23.2. The molecule has 1 aromatic heterocycles. The highest BCUT2D eigenvalue weighted by atomic mass is 127. The average Bonchev–Trinajstić information content (AvgIpc) is 3.58. The predicted molar refractivity (Wildman–Crippen MR) is 143 cm³/mol. The van der Waals surface area contributed by atoms with E-state index < -0.39 is 11.3 Å². The van der Waals surface area contributed by atoms with Gasteiger partial charge in [-0.05, 0) is 96.4 Å². The van der Waals surface area contributed by atoms with Crippen molar-refractivity contribution in [1.82, 2.24) is 4.98 Å². The lowest BCUT2D eigenvalue weighted by Crippen LogP contribution is -2.44. The quantitative estimate of drug-likeness (QED) is 0.453. The Morgan fingerprint density at radius 3 is 2.36 bits per heavy atom. The number of benzene rings is 1. The molecule has 2 spiro atoms. The first-order valence-electron chi connectivity index (χ1n) is 12.6. The van der Waals surface area contributed by atoms with Gasteiger partial charge in [-0.2, -0.15) is 0 Å². The van der Waals surface area contributed by atoms with Crippen LogP contribution in [0, 0.1) is 8.99 Å². The van der Waals surface area contributed by atoms with Gasteiger partial charge in [-0.25, -0.2) is 13.8 Å². The first-order chi connectivity index (χ1) is 17.1. The number of carbonyl (C=O) groups excluding carboxylic acids is 2. The lowest BCUT2D eigenvalue weighted by atomic mass is 9.69. The molecule has 190 valence electrons. The molecule has 3 fully saturated rings. The van der Waals surface area contributed by atoms with E-state index in [1.807, 2.05) is 12.1 Å². The number of aromatic nitrogens is 1. The van der Waals surface area contributed by atoms with Gasteiger partial charge in [0.1, 0.15) is 5.82 Å². The maximum atomic E-state index is 13.9. The number of pyridine rings is 1. The lowest BCUT2D eigenvalue weighted by Gasteiger charge is -2.36. The summed E-state index contributed by atoms with van der Waals surface area (Å²) in [6, 6.07) is 7.54. The van der Waals surface area contributed by atoms with E-state index in [0.717, 1.165) is 35.2 Å². The first-order valence-corrected chi connectivity index (χ1v) is 13.7. The Bertz CT molecular complexity index is 1240. The van der Waals surface area contributed by atoms with E-state index in [4.69, 9.17) is 0 Å². The van der Waals surface area contributed by atoms with Crippen LogP contribution in [0.5, 0.6) is 0 Å². The van der Waals surface area contributed by atoms with Crippen LogP contribution in [-0.2, 0) is 10.2 Å². The molecule has 9 heteroatoms. The van der Waals surface area contributed by atoms with E-state index >= 15 is 0 Å². The number of hydrogen-bond donors (Lipinski definition) is 1. The summed E-state index contributed by atoms with van der Waals surface area (Å²) in [5.74, 6) is -2.84. The second-order valence-corrected chi connectivity index (χ2v) is 12.2. The number of rotatable bonds is 3. The predicted octanol–water partition coefficient (Wildman–Crippen LogP) is 5.74. The van der Waals surface area contributed by atoms with E-state index in [1.54, 1.807) is 19.3 Å². The lowest BCUT2D eigenvalue weighted by molar-refractivity contribution is -0.127. The number of alkyl halides is 2. The van der Waals surface area contributed by atoms with Crippen molar-refractivity contribution < 1.29 is 18.4 Å². The van der Waals surface area contributed by atoms with Crippen LogP contribution >= 0.6 is 22.6 Å². The van der Waals surface area contributed by atoms with Crippen LogP contribution in [0.2, 0.25) is 0 Å². The average molecular weight is 606 g/mol. The van der Waals surface area contributed by atoms with Gasteiger partial charge in [-0.1, -0.05) is 0 Å². The zero-order chi connectivity index (χ0) is 25.3. The van der Waals surface area contributed by atoms with Crippen LogP contribution < -0.4 is 15.1 Å². The molecule has 1 N–H and O–H groups in total. The van der Waals surface area contributed by atoms with Gasteiger partial charge in [0.15, 0.2) is 0 Å². The molecule has 0 bridgehead atoms. The number of nitrogens with one attached hydrogen (secondary N) is 1. The Balaban J connectivity index is 1.27. The van der Waals surface area contributed by atoms with Crippen molar-refractivity contribution in [3.63, 3.8) is 0 Å². The number of carbonyl (C=O) groups is 2. The second-order valence-electron chi connectivity index (χ2n) is 11.0. The van der Waals surface area contributed by atoms with Crippen LogP contribution in [0.3, 0.4) is 0 Å². The van der Waals surface area contributed by atoms with Gasteiger partial charge >= 0.3 is 0 Å². The highest BCUT2D eigenvalue weighted by molar-refractivity contribution is 14.1. The van der Waals surface area contributed by atoms with Gasteiger partial charge in [-0.15, -0.1) is 0 Å². The van der Waals surface area contributed by atoms with Crippen LogP contribution in [-0.4, -0.2) is 42.9 Å². The van der Waals surface area contributed by atoms with Gasteiger partial charge in [0.2, 0.25) is 11.8 Å². The van der Waals surface area contributed by atoms with Crippen LogP contribution in [0.25, 0.3) is 0 Å². The molecule has 6 nitrogen and oxygen atoms in total. The fourth-order valence-corrected chi connectivity index (χ4v) is 6.75. The molecule has 2 aliphatic carbocycles. The summed E-state index contributed by atoms with van der Waals surface area (Å²) >= 11 is 2.27. The van der Waals surface area contributed by atoms with E-state index in [2.05, 4.69) is 43.9 Å². The molecule has 1 aromatic carbocycles. The number of hydrogen-bond acceptors (Lipinski definition) is 4. The zero-order valence-corrected chi connectivity index (χ0v) is 22.4. The van der Waals surface area contributed by atoms with Crippen molar-refractivity contribution in [2.24, 2.45) is 5.41 Å². The molecule has 1 saturated heterocycles. The van der Waals surface area contributed by atoms with E-state index in [-0.39, 0.29) is 37.5 Å². The number of fused-ring (bicyclic) bond motifs is 2. The van der Waals surface area contributed by atoms with E-state index in [1.165, 1.54) is 17.7 Å². The Hall–Kier alpha value is -2.30. The molecule has 0 radical (unpaired) electrons. The number of nitrogens with zero attached hydrogens (tertiary/aromatic N) is 3. The minimum Gasteiger partial charge on any atom is -0.371 e. The maximum absolute atomic E-state index is 13.9. The molecule has 2 saturated carbocycles. The Morgan fingerprint density at radius 1 is 1.00 bits per heavy atom. The smallest absolute Gasteiger partial charge is 0.258 e. The fourth-order valence-electron chi connectivity index (χ4n) is 6.28. The second kappa shape index (κ2) is 8.36. The highest BCUT2D eigenvalue weighted by Crippen LogP contribution is 2.54. The van der Waals surface area contributed by atoms with Crippen molar-refractivity contribution in [2.75, 3.05) is 35.3 Å². The molecular formula is C27H29F2IN4O2. The maximum Gasteiger partial charge on any atom is 0.258 e. The fraction of sp³-hybridized carbons (Fsp3) is 0.519. The Labute approximate surface area is 223 Å². The third-order valence-electron chi connectivity index (χ3n) is 8.88. The monoisotopic (exact) mass is 606 g/mol. The molecule has 0 atom stereocenters. The number of amides is 2. The van der Waals surface area contributed by atoms with Crippen molar-refractivity contribution >= 4 is 51.6 Å². The van der Waals surface area contributed by atoms with Crippen LogP contribution in [0.4, 0.5) is 26.0 Å². The van der Waals surface area contributed by atoms with Gasteiger partial charge in [0, 0.05) is 36.5 Å². The van der Waals surface area contributed by atoms with Gasteiger partial charge < -0.3 is 15.1 Å². The molecule has 2 aliphatic heterocycles. The molecule has 3 heterocycles. The highest BCUT2D eigenvalue weighted by Gasteiger charge is 2.55. The van der Waals surface area contributed by atoms with E-state index in [0.29, 0.717) is 28.0 Å². The Kier molecular flexibility index (Phi) is 5.59. The molecule has 2 aromatic rings. The van der Waals surface area contributed by atoms with Crippen molar-refractivity contribution in [3.05, 3.63) is 45.2 Å². The topological polar surface area (TPSA) is 65.5 Å². The molecule has 0 unspecified atom stereocenters. The summed E-state index contributed by atoms with van der Waals surface area (Å²) in [6.07, 6.45) is 6.07. The van der Waals surface area contributed by atoms with Crippen molar-refractivity contribution in [3.8, 4) is 0 Å². The zero-order valence-electron chi connectivity index (χ0n) is 20.2. The first kappa shape index (κ1) is 24.1. The van der Waals surface area contributed by atoms with Crippen molar-refractivity contribution in [1.29, 1.82) is 0 Å². The summed E-state index contributed by atoms with van der Waals surface area (Å²) in [4.78, 5) is 34.8. The summed E-state index contributed by atoms with van der Waals surface area (Å²) in [6.45, 7) is 1.89. The third-order valence-corrected chi connectivity index (χ3v) is 9.55. The Morgan fingerprint density at radius 2 is 1.69 bits per heavy atom. The SMILES string of the molecule is CN1C(=O)C2(CCC(F)(F)CC2)c2cc(NC(=O)c3ccc(I)cc3N3CCC4(CC3)CC4)ncc21. The number of likely N-dealkylation sites (N-methyl/N-ethyl adjacent to an activating group) is 1. The number of halogens is 3. The summed E-state index contributed by atoms with van der Waals surface area (Å²) < 4.78 is 29.0. The van der Waals surface area contributed by atoms with E-state index in [9.17, 15) is 18.4 Å². The molecular weight excluding hydrogens is 577 g/mol.